The molecule has 0 spiro atoms. The first kappa shape index (κ1) is 13.9. The Morgan fingerprint density at radius 1 is 1.42 bits per heavy atom. The van der Waals surface area contributed by atoms with Crippen molar-refractivity contribution in [3.63, 3.8) is 0 Å². The molecule has 0 atom stereocenters. The Bertz CT molecular complexity index is 579. The third kappa shape index (κ3) is 2.92. The van der Waals surface area contributed by atoms with Gasteiger partial charge in [-0.15, -0.1) is 0 Å². The van der Waals surface area contributed by atoms with Crippen molar-refractivity contribution in [3.05, 3.63) is 28.2 Å². The van der Waals surface area contributed by atoms with Gasteiger partial charge in [0.15, 0.2) is 0 Å². The van der Waals surface area contributed by atoms with Crippen LogP contribution in [-0.4, -0.2) is 12.3 Å². The Morgan fingerprint density at radius 3 is 2.79 bits per heavy atom. The monoisotopic (exact) mass is 324 g/mol. The van der Waals surface area contributed by atoms with Crippen molar-refractivity contribution in [2.45, 2.75) is 20.3 Å². The summed E-state index contributed by atoms with van der Waals surface area (Å²) in [5, 5.41) is 4.08. The van der Waals surface area contributed by atoms with E-state index in [9.17, 15) is 0 Å². The molecule has 0 bridgehead atoms. The molecule has 2 aromatic rings. The molecule has 102 valence electrons. The number of nitrogen functional groups attached to an aromatic ring is 1. The number of hydrogen-bond donors (Lipinski definition) is 1. The van der Waals surface area contributed by atoms with Gasteiger partial charge in [0.2, 0.25) is 5.88 Å². The van der Waals surface area contributed by atoms with Crippen molar-refractivity contribution >= 4 is 21.8 Å². The summed E-state index contributed by atoms with van der Waals surface area (Å²) in [5.74, 6) is 1.60. The zero-order chi connectivity index (χ0) is 14.0. The van der Waals surface area contributed by atoms with Crippen LogP contribution in [0.25, 0.3) is 11.3 Å². The maximum absolute atomic E-state index is 5.87. The second-order valence-corrected chi connectivity index (χ2v) is 5.73. The first-order chi connectivity index (χ1) is 9.02. The summed E-state index contributed by atoms with van der Waals surface area (Å²) in [4.78, 5) is 0. The van der Waals surface area contributed by atoms with Crippen LogP contribution in [0.3, 0.4) is 0 Å². The average molecular weight is 325 g/mol. The van der Waals surface area contributed by atoms with Crippen molar-refractivity contribution in [3.8, 4) is 17.0 Å². The minimum Gasteiger partial charge on any atom is -0.496 e. The number of methoxy groups -OCH3 is 1. The van der Waals surface area contributed by atoms with Gasteiger partial charge in [-0.2, -0.15) is 0 Å². The Labute approximate surface area is 121 Å². The predicted octanol–water partition coefficient (Wildman–Crippen LogP) is 3.89. The highest BCUT2D eigenvalue weighted by Gasteiger charge is 2.19. The van der Waals surface area contributed by atoms with E-state index in [2.05, 4.69) is 34.9 Å². The number of rotatable bonds is 4. The number of nitrogens with zero attached hydrogens (tertiary/aromatic N) is 1. The number of anilines is 1. The standard InChI is InChI=1S/C14H17BrN2O2/c1-8(2)6-11-13(17-19-14(11)16)10-5-4-9(15)7-12(10)18-3/h4-5,7-8H,6,16H2,1-3H3. The second-order valence-electron chi connectivity index (χ2n) is 4.82. The third-order valence-electron chi connectivity index (χ3n) is 2.85. The van der Waals surface area contributed by atoms with Gasteiger partial charge in [-0.25, -0.2) is 0 Å². The van der Waals surface area contributed by atoms with Crippen molar-refractivity contribution in [2.75, 3.05) is 12.8 Å². The average Bonchev–Trinajstić information content (AvgIpc) is 2.70. The summed E-state index contributed by atoms with van der Waals surface area (Å²) < 4.78 is 11.5. The van der Waals surface area contributed by atoms with Gasteiger partial charge in [-0.3, -0.25) is 0 Å². The van der Waals surface area contributed by atoms with Gasteiger partial charge < -0.3 is 15.0 Å². The highest BCUT2D eigenvalue weighted by Crippen LogP contribution is 2.36. The molecule has 4 nitrogen and oxygen atoms in total. The molecule has 5 heteroatoms. The van der Waals surface area contributed by atoms with E-state index in [-0.39, 0.29) is 0 Å². The van der Waals surface area contributed by atoms with E-state index in [0.29, 0.717) is 11.8 Å². The zero-order valence-corrected chi connectivity index (χ0v) is 12.8. The molecule has 0 radical (unpaired) electrons. The van der Waals surface area contributed by atoms with E-state index in [1.165, 1.54) is 0 Å². The van der Waals surface area contributed by atoms with Crippen molar-refractivity contribution < 1.29 is 9.26 Å². The van der Waals surface area contributed by atoms with Gasteiger partial charge in [0, 0.05) is 15.6 Å². The fourth-order valence-corrected chi connectivity index (χ4v) is 2.34. The van der Waals surface area contributed by atoms with Crippen LogP contribution in [0.15, 0.2) is 27.2 Å². The van der Waals surface area contributed by atoms with Crippen LogP contribution in [0.2, 0.25) is 0 Å². The molecule has 2 N–H and O–H groups in total. The van der Waals surface area contributed by atoms with Crippen LogP contribution < -0.4 is 10.5 Å². The molecule has 0 aliphatic rings. The largest absolute Gasteiger partial charge is 0.496 e. The Hall–Kier alpha value is -1.49. The van der Waals surface area contributed by atoms with Gasteiger partial charge in [0.1, 0.15) is 11.4 Å². The van der Waals surface area contributed by atoms with Crippen LogP contribution >= 0.6 is 15.9 Å². The van der Waals surface area contributed by atoms with Crippen LogP contribution in [0.4, 0.5) is 5.88 Å². The van der Waals surface area contributed by atoms with Gasteiger partial charge in [0.25, 0.3) is 0 Å². The summed E-state index contributed by atoms with van der Waals surface area (Å²) in [7, 11) is 1.64. The summed E-state index contributed by atoms with van der Waals surface area (Å²) in [5.41, 5.74) is 8.46. The van der Waals surface area contributed by atoms with Crippen molar-refractivity contribution in [2.24, 2.45) is 5.92 Å². The number of aromatic nitrogens is 1. The number of halogens is 1. The Morgan fingerprint density at radius 2 is 2.16 bits per heavy atom. The SMILES string of the molecule is COc1cc(Br)ccc1-c1noc(N)c1CC(C)C. The maximum Gasteiger partial charge on any atom is 0.225 e. The van der Waals surface area contributed by atoms with Crippen molar-refractivity contribution in [1.29, 1.82) is 0 Å². The zero-order valence-electron chi connectivity index (χ0n) is 11.2. The van der Waals surface area contributed by atoms with Gasteiger partial charge in [0.05, 0.1) is 7.11 Å². The molecule has 0 saturated heterocycles. The van der Waals surface area contributed by atoms with Crippen LogP contribution in [0, 0.1) is 5.92 Å². The smallest absolute Gasteiger partial charge is 0.225 e. The lowest BCUT2D eigenvalue weighted by Crippen LogP contribution is -1.99. The van der Waals surface area contributed by atoms with E-state index in [1.54, 1.807) is 7.11 Å². The molecule has 0 amide bonds. The van der Waals surface area contributed by atoms with Gasteiger partial charge in [-0.1, -0.05) is 34.9 Å². The summed E-state index contributed by atoms with van der Waals surface area (Å²) in [6, 6.07) is 5.80. The summed E-state index contributed by atoms with van der Waals surface area (Å²) in [6.07, 6.45) is 0.823. The molecule has 0 fully saturated rings. The molecular weight excluding hydrogens is 308 g/mol. The summed E-state index contributed by atoms with van der Waals surface area (Å²) in [6.45, 7) is 4.27. The molecule has 19 heavy (non-hydrogen) atoms. The molecular formula is C14H17BrN2O2. The fourth-order valence-electron chi connectivity index (χ4n) is 2.00. The quantitative estimate of drug-likeness (QED) is 0.926. The van der Waals surface area contributed by atoms with E-state index >= 15 is 0 Å². The third-order valence-corrected chi connectivity index (χ3v) is 3.34. The molecule has 0 saturated carbocycles. The number of hydrogen-bond acceptors (Lipinski definition) is 4. The van der Waals surface area contributed by atoms with Crippen molar-refractivity contribution in [1.82, 2.24) is 5.16 Å². The lowest BCUT2D eigenvalue weighted by molar-refractivity contribution is 0.413. The lowest BCUT2D eigenvalue weighted by Gasteiger charge is -2.09. The first-order valence-electron chi connectivity index (χ1n) is 6.10. The minimum absolute atomic E-state index is 0.383. The van der Waals surface area contributed by atoms with Gasteiger partial charge in [-0.05, 0) is 30.5 Å². The minimum atomic E-state index is 0.383. The highest BCUT2D eigenvalue weighted by molar-refractivity contribution is 9.10. The molecule has 0 aliphatic carbocycles. The molecule has 1 heterocycles. The lowest BCUT2D eigenvalue weighted by atomic mass is 9.99. The van der Waals surface area contributed by atoms with Gasteiger partial charge >= 0.3 is 0 Å². The molecule has 2 rings (SSSR count). The molecule has 1 aromatic carbocycles. The second kappa shape index (κ2) is 5.65. The Kier molecular flexibility index (Phi) is 4.14. The number of ether oxygens (including phenoxy) is 1. The number of benzene rings is 1. The molecule has 0 unspecified atom stereocenters. The first-order valence-corrected chi connectivity index (χ1v) is 6.90. The normalized spacial score (nSPS) is 11.0. The van der Waals surface area contributed by atoms with E-state index in [4.69, 9.17) is 15.0 Å². The van der Waals surface area contributed by atoms with Crippen LogP contribution in [0.5, 0.6) is 5.75 Å². The molecule has 0 aliphatic heterocycles. The summed E-state index contributed by atoms with van der Waals surface area (Å²) >= 11 is 3.43. The van der Waals surface area contributed by atoms with E-state index in [1.807, 2.05) is 18.2 Å². The van der Waals surface area contributed by atoms with E-state index in [0.717, 1.165) is 33.5 Å². The topological polar surface area (TPSA) is 61.3 Å². The predicted molar refractivity (Wildman–Crippen MR) is 79.1 cm³/mol. The van der Waals surface area contributed by atoms with E-state index < -0.39 is 0 Å². The molecule has 1 aromatic heterocycles. The Balaban J connectivity index is 2.53. The van der Waals surface area contributed by atoms with Crippen LogP contribution in [0.1, 0.15) is 19.4 Å². The maximum atomic E-state index is 5.87. The fraction of sp³-hybridized carbons (Fsp3) is 0.357. The number of nitrogens with two attached hydrogens (primary N) is 1. The highest BCUT2D eigenvalue weighted by atomic mass is 79.9. The van der Waals surface area contributed by atoms with Crippen LogP contribution in [-0.2, 0) is 6.42 Å².